The van der Waals surface area contributed by atoms with Crippen LogP contribution in [0.2, 0.25) is 0 Å². The quantitative estimate of drug-likeness (QED) is 0.571. The number of carbonyl (C=O) groups is 2. The highest BCUT2D eigenvalue weighted by atomic mass is 79.9. The van der Waals surface area contributed by atoms with Crippen molar-refractivity contribution in [3.8, 4) is 0 Å². The van der Waals surface area contributed by atoms with Crippen LogP contribution in [-0.2, 0) is 9.59 Å². The second-order valence-corrected chi connectivity index (χ2v) is 5.04. The summed E-state index contributed by atoms with van der Waals surface area (Å²) in [6.07, 6.45) is 4.23. The lowest BCUT2D eigenvalue weighted by atomic mass is 10.2. The highest BCUT2D eigenvalue weighted by Crippen LogP contribution is 2.29. The molecule has 0 aromatic carbocycles. The molecule has 0 N–H and O–H groups in total. The second kappa shape index (κ2) is 5.80. The van der Waals surface area contributed by atoms with Crippen LogP contribution in [0.4, 0.5) is 0 Å². The van der Waals surface area contributed by atoms with E-state index in [1.165, 1.54) is 4.90 Å². The van der Waals surface area contributed by atoms with E-state index in [0.717, 1.165) is 25.7 Å². The minimum absolute atomic E-state index is 0.233. The van der Waals surface area contributed by atoms with Gasteiger partial charge in [0.25, 0.3) is 11.8 Å². The molecule has 0 bridgehead atoms. The number of imide groups is 1. The van der Waals surface area contributed by atoms with Gasteiger partial charge < -0.3 is 0 Å². The van der Waals surface area contributed by atoms with Crippen LogP contribution in [0.25, 0.3) is 0 Å². The molecule has 2 amide bonds. The van der Waals surface area contributed by atoms with Gasteiger partial charge in [-0.05, 0) is 38.3 Å². The number of hydrogen-bond acceptors (Lipinski definition) is 2. The molecule has 0 aromatic rings. The fraction of sp³-hybridized carbons (Fsp3) is 0.600. The predicted molar refractivity (Wildman–Crippen MR) is 65.7 cm³/mol. The van der Waals surface area contributed by atoms with Crippen LogP contribution in [0, 0.1) is 0 Å². The SMILES string of the molecule is CCCCCCN1C(=O)C(Br)=C(Br)C1=O. The van der Waals surface area contributed by atoms with Crippen LogP contribution in [0.15, 0.2) is 8.96 Å². The summed E-state index contributed by atoms with van der Waals surface area (Å²) < 4.78 is 0.672. The first kappa shape index (κ1) is 12.9. The Balaban J connectivity index is 2.46. The third-order valence-corrected chi connectivity index (χ3v) is 4.30. The molecule has 0 radical (unpaired) electrons. The number of amides is 2. The smallest absolute Gasteiger partial charge is 0.269 e. The molecule has 1 aliphatic heterocycles. The summed E-state index contributed by atoms with van der Waals surface area (Å²) >= 11 is 6.19. The molecule has 0 atom stereocenters. The van der Waals surface area contributed by atoms with Gasteiger partial charge in [0.2, 0.25) is 0 Å². The van der Waals surface area contributed by atoms with Crippen molar-refractivity contribution in [1.29, 1.82) is 0 Å². The molecule has 0 unspecified atom stereocenters. The Morgan fingerprint density at radius 1 is 1.00 bits per heavy atom. The van der Waals surface area contributed by atoms with Crippen LogP contribution < -0.4 is 0 Å². The molecule has 0 spiro atoms. The van der Waals surface area contributed by atoms with Crippen molar-refractivity contribution in [2.45, 2.75) is 32.6 Å². The van der Waals surface area contributed by atoms with Gasteiger partial charge >= 0.3 is 0 Å². The van der Waals surface area contributed by atoms with Gasteiger partial charge in [-0.2, -0.15) is 0 Å². The average Bonchev–Trinajstić information content (AvgIpc) is 2.41. The fourth-order valence-corrected chi connectivity index (χ4v) is 2.18. The van der Waals surface area contributed by atoms with Crippen LogP contribution in [0.3, 0.4) is 0 Å². The third kappa shape index (κ3) is 2.91. The molecule has 0 aromatic heterocycles. The largest absolute Gasteiger partial charge is 0.273 e. The van der Waals surface area contributed by atoms with E-state index in [0.29, 0.717) is 15.5 Å². The topological polar surface area (TPSA) is 37.4 Å². The molecule has 15 heavy (non-hydrogen) atoms. The van der Waals surface area contributed by atoms with Gasteiger partial charge in [-0.25, -0.2) is 0 Å². The van der Waals surface area contributed by atoms with Crippen molar-refractivity contribution in [2.24, 2.45) is 0 Å². The first-order chi connectivity index (χ1) is 7.09. The fourth-order valence-electron chi connectivity index (χ4n) is 1.42. The minimum atomic E-state index is -0.233. The van der Waals surface area contributed by atoms with E-state index in [2.05, 4.69) is 38.8 Å². The zero-order chi connectivity index (χ0) is 11.4. The molecule has 0 saturated carbocycles. The lowest BCUT2D eigenvalue weighted by Gasteiger charge is -2.13. The summed E-state index contributed by atoms with van der Waals surface area (Å²) in [7, 11) is 0. The maximum Gasteiger partial charge on any atom is 0.269 e. The van der Waals surface area contributed by atoms with E-state index >= 15 is 0 Å². The molecule has 5 heteroatoms. The van der Waals surface area contributed by atoms with Crippen LogP contribution in [-0.4, -0.2) is 23.3 Å². The van der Waals surface area contributed by atoms with E-state index in [1.807, 2.05) is 0 Å². The molecular weight excluding hydrogens is 326 g/mol. The molecule has 1 aliphatic rings. The number of halogens is 2. The number of unbranched alkanes of at least 4 members (excludes halogenated alkanes) is 3. The predicted octanol–water partition coefficient (Wildman–Crippen LogP) is 2.94. The van der Waals surface area contributed by atoms with Gasteiger partial charge in [0.15, 0.2) is 0 Å². The van der Waals surface area contributed by atoms with Crippen molar-refractivity contribution in [2.75, 3.05) is 6.54 Å². The molecule has 0 fully saturated rings. The zero-order valence-electron chi connectivity index (χ0n) is 8.56. The lowest BCUT2D eigenvalue weighted by Crippen LogP contribution is -2.32. The Labute approximate surface area is 106 Å². The van der Waals surface area contributed by atoms with Gasteiger partial charge in [-0.3, -0.25) is 14.5 Å². The van der Waals surface area contributed by atoms with E-state index in [1.54, 1.807) is 0 Å². The number of hydrogen-bond donors (Lipinski definition) is 0. The van der Waals surface area contributed by atoms with Crippen molar-refractivity contribution in [1.82, 2.24) is 4.90 Å². The number of nitrogens with zero attached hydrogens (tertiary/aromatic N) is 1. The maximum atomic E-state index is 11.6. The summed E-state index contributed by atoms with van der Waals surface area (Å²) in [6, 6.07) is 0. The minimum Gasteiger partial charge on any atom is -0.273 e. The highest BCUT2D eigenvalue weighted by Gasteiger charge is 2.35. The van der Waals surface area contributed by atoms with Gasteiger partial charge in [-0.1, -0.05) is 26.2 Å². The van der Waals surface area contributed by atoms with Crippen molar-refractivity contribution in [3.05, 3.63) is 8.96 Å². The summed E-state index contributed by atoms with van der Waals surface area (Å²) in [5.74, 6) is -0.466. The maximum absolute atomic E-state index is 11.6. The Morgan fingerprint density at radius 3 is 2.00 bits per heavy atom. The van der Waals surface area contributed by atoms with Gasteiger partial charge in [-0.15, -0.1) is 0 Å². The molecule has 3 nitrogen and oxygen atoms in total. The van der Waals surface area contributed by atoms with E-state index in [9.17, 15) is 9.59 Å². The van der Waals surface area contributed by atoms with E-state index in [-0.39, 0.29) is 11.8 Å². The molecule has 0 aliphatic carbocycles. The number of rotatable bonds is 5. The zero-order valence-corrected chi connectivity index (χ0v) is 11.7. The summed E-state index contributed by atoms with van der Waals surface area (Å²) in [5.41, 5.74) is 0. The summed E-state index contributed by atoms with van der Waals surface area (Å²) in [4.78, 5) is 24.4. The average molecular weight is 339 g/mol. The van der Waals surface area contributed by atoms with Crippen molar-refractivity contribution >= 4 is 43.7 Å². The molecule has 84 valence electrons. The second-order valence-electron chi connectivity index (χ2n) is 3.45. The monoisotopic (exact) mass is 337 g/mol. The standard InChI is InChI=1S/C10H13Br2NO2/c1-2-3-4-5-6-13-9(14)7(11)8(12)10(13)15/h2-6H2,1H3. The third-order valence-electron chi connectivity index (χ3n) is 2.29. The first-order valence-electron chi connectivity index (χ1n) is 5.01. The Morgan fingerprint density at radius 2 is 1.53 bits per heavy atom. The lowest BCUT2D eigenvalue weighted by molar-refractivity contribution is -0.137. The number of carbonyl (C=O) groups excluding carboxylic acids is 2. The van der Waals surface area contributed by atoms with Crippen LogP contribution >= 0.6 is 31.9 Å². The first-order valence-corrected chi connectivity index (χ1v) is 6.59. The summed E-state index contributed by atoms with van der Waals surface area (Å²) in [6.45, 7) is 2.64. The normalized spacial score (nSPS) is 16.9. The van der Waals surface area contributed by atoms with Crippen molar-refractivity contribution in [3.63, 3.8) is 0 Å². The molecule has 1 heterocycles. The van der Waals surface area contributed by atoms with Gasteiger partial charge in [0.05, 0.1) is 0 Å². The summed E-state index contributed by atoms with van der Waals surface area (Å²) in [5, 5.41) is 0. The van der Waals surface area contributed by atoms with E-state index in [4.69, 9.17) is 0 Å². The van der Waals surface area contributed by atoms with Gasteiger partial charge in [0.1, 0.15) is 8.96 Å². The van der Waals surface area contributed by atoms with Crippen LogP contribution in [0.1, 0.15) is 32.6 Å². The molecule has 0 saturated heterocycles. The van der Waals surface area contributed by atoms with Crippen molar-refractivity contribution < 1.29 is 9.59 Å². The Kier molecular flexibility index (Phi) is 4.99. The molecular formula is C10H13Br2NO2. The van der Waals surface area contributed by atoms with Gasteiger partial charge in [0, 0.05) is 6.54 Å². The Bertz CT molecular complexity index is 289. The van der Waals surface area contributed by atoms with Crippen LogP contribution in [0.5, 0.6) is 0 Å². The highest BCUT2D eigenvalue weighted by molar-refractivity contribution is 9.14. The molecule has 1 rings (SSSR count). The Hall–Kier alpha value is -0.160. The van der Waals surface area contributed by atoms with E-state index < -0.39 is 0 Å².